The molecular formula is C25H20ClN3O2S. The molecule has 2 amide bonds. The summed E-state index contributed by atoms with van der Waals surface area (Å²) in [6, 6.07) is 21.2. The lowest BCUT2D eigenvalue weighted by molar-refractivity contribution is -0.113. The number of hydrogen-bond donors (Lipinski definition) is 3. The molecule has 0 spiro atoms. The van der Waals surface area contributed by atoms with E-state index in [1.807, 2.05) is 54.7 Å². The monoisotopic (exact) mass is 461 g/mol. The Kier molecular flexibility index (Phi) is 5.64. The number of para-hydroxylation sites is 1. The number of aromatic nitrogens is 1. The number of halogens is 1. The Morgan fingerprint density at radius 1 is 1.06 bits per heavy atom. The van der Waals surface area contributed by atoms with Crippen LogP contribution in [-0.4, -0.2) is 29.1 Å². The van der Waals surface area contributed by atoms with Crippen LogP contribution in [0.3, 0.4) is 0 Å². The molecule has 0 fully saturated rings. The van der Waals surface area contributed by atoms with Crippen LogP contribution in [0.1, 0.15) is 27.4 Å². The smallest absolute Gasteiger partial charge is 0.251 e. The van der Waals surface area contributed by atoms with E-state index in [0.29, 0.717) is 28.6 Å². The summed E-state index contributed by atoms with van der Waals surface area (Å²) in [7, 11) is 0. The van der Waals surface area contributed by atoms with Gasteiger partial charge in [0.2, 0.25) is 5.91 Å². The number of nitrogens with one attached hydrogen (secondary N) is 3. The van der Waals surface area contributed by atoms with E-state index in [1.165, 1.54) is 11.8 Å². The Morgan fingerprint density at radius 3 is 2.75 bits per heavy atom. The van der Waals surface area contributed by atoms with Crippen molar-refractivity contribution in [2.24, 2.45) is 0 Å². The maximum atomic E-state index is 13.0. The zero-order chi connectivity index (χ0) is 22.1. The first-order chi connectivity index (χ1) is 15.6. The van der Waals surface area contributed by atoms with Crippen molar-refractivity contribution in [3.8, 4) is 0 Å². The summed E-state index contributed by atoms with van der Waals surface area (Å²) >= 11 is 8.02. The molecule has 2 heterocycles. The fraction of sp³-hybridized carbons (Fsp3) is 0.120. The molecule has 1 aromatic heterocycles. The Balaban J connectivity index is 1.44. The highest BCUT2D eigenvalue weighted by Gasteiger charge is 2.22. The third kappa shape index (κ3) is 3.99. The van der Waals surface area contributed by atoms with Crippen LogP contribution in [-0.2, 0) is 4.79 Å². The largest absolute Gasteiger partial charge is 0.361 e. The van der Waals surface area contributed by atoms with Gasteiger partial charge < -0.3 is 15.6 Å². The van der Waals surface area contributed by atoms with Crippen molar-refractivity contribution in [3.05, 3.63) is 94.6 Å². The van der Waals surface area contributed by atoms with Crippen LogP contribution in [0.5, 0.6) is 0 Å². The van der Waals surface area contributed by atoms with Crippen LogP contribution < -0.4 is 10.6 Å². The van der Waals surface area contributed by atoms with Crippen LogP contribution in [0.2, 0.25) is 5.02 Å². The highest BCUT2D eigenvalue weighted by atomic mass is 35.5. The van der Waals surface area contributed by atoms with E-state index >= 15 is 0 Å². The number of hydrogen-bond acceptors (Lipinski definition) is 3. The molecule has 0 aliphatic carbocycles. The van der Waals surface area contributed by atoms with Crippen molar-refractivity contribution in [2.75, 3.05) is 17.6 Å². The average molecular weight is 462 g/mol. The van der Waals surface area contributed by atoms with E-state index in [2.05, 4.69) is 21.7 Å². The molecule has 3 N–H and O–H groups in total. The minimum Gasteiger partial charge on any atom is -0.361 e. The summed E-state index contributed by atoms with van der Waals surface area (Å²) in [5.74, 6) is 0.00671. The summed E-state index contributed by atoms with van der Waals surface area (Å²) in [6.45, 7) is 0.378. The number of thioether (sulfide) groups is 1. The van der Waals surface area contributed by atoms with Gasteiger partial charge in [0.15, 0.2) is 0 Å². The second kappa shape index (κ2) is 8.73. The van der Waals surface area contributed by atoms with E-state index in [0.717, 1.165) is 26.9 Å². The second-order valence-corrected chi connectivity index (χ2v) is 9.05. The van der Waals surface area contributed by atoms with Crippen molar-refractivity contribution in [1.82, 2.24) is 10.3 Å². The highest BCUT2D eigenvalue weighted by Crippen LogP contribution is 2.35. The molecule has 32 heavy (non-hydrogen) atoms. The molecule has 1 atom stereocenters. The minimum atomic E-state index is -0.200. The molecule has 1 aliphatic rings. The average Bonchev–Trinajstić information content (AvgIpc) is 3.23. The molecule has 0 saturated heterocycles. The maximum absolute atomic E-state index is 13.0. The Labute approximate surface area is 194 Å². The standard InChI is InChI=1S/C25H20ClN3O2S/c26-20-7-3-1-5-16(20)18(19-12-27-21-8-4-2-6-17(19)21)13-28-25(31)15-9-10-23-22(11-15)29-24(30)14-32-23/h1-12,18,27H,13-14H2,(H,28,31)(H,29,30). The molecule has 3 aromatic carbocycles. The highest BCUT2D eigenvalue weighted by molar-refractivity contribution is 8.00. The summed E-state index contributed by atoms with van der Waals surface area (Å²) in [6.07, 6.45) is 1.98. The molecule has 1 aliphatic heterocycles. The van der Waals surface area contributed by atoms with Crippen LogP contribution in [0.25, 0.3) is 10.9 Å². The first-order valence-electron chi connectivity index (χ1n) is 10.3. The summed E-state index contributed by atoms with van der Waals surface area (Å²) in [4.78, 5) is 29.0. The number of carbonyl (C=O) groups is 2. The van der Waals surface area contributed by atoms with Gasteiger partial charge in [-0.3, -0.25) is 9.59 Å². The minimum absolute atomic E-state index is 0.0572. The van der Waals surface area contributed by atoms with Crippen molar-refractivity contribution in [1.29, 1.82) is 0 Å². The Bertz CT molecular complexity index is 1330. The first-order valence-corrected chi connectivity index (χ1v) is 11.6. The predicted molar refractivity (Wildman–Crippen MR) is 130 cm³/mol. The predicted octanol–water partition coefficient (Wildman–Crippen LogP) is 5.43. The quantitative estimate of drug-likeness (QED) is 0.371. The Morgan fingerprint density at radius 2 is 1.88 bits per heavy atom. The summed E-state index contributed by atoms with van der Waals surface area (Å²) < 4.78 is 0. The molecule has 5 rings (SSSR count). The summed E-state index contributed by atoms with van der Waals surface area (Å²) in [5.41, 5.74) is 4.24. The van der Waals surface area contributed by atoms with Gasteiger partial charge in [-0.05, 0) is 41.5 Å². The molecule has 5 nitrogen and oxygen atoms in total. The molecular weight excluding hydrogens is 442 g/mol. The molecule has 0 bridgehead atoms. The van der Waals surface area contributed by atoms with Gasteiger partial charge in [-0.1, -0.05) is 48.0 Å². The zero-order valence-corrected chi connectivity index (χ0v) is 18.6. The topological polar surface area (TPSA) is 74.0 Å². The number of H-pyrrole nitrogens is 1. The third-order valence-corrected chi connectivity index (χ3v) is 7.04. The first kappa shape index (κ1) is 20.7. The van der Waals surface area contributed by atoms with Crippen LogP contribution in [0.15, 0.2) is 77.8 Å². The molecule has 0 saturated carbocycles. The number of amides is 2. The van der Waals surface area contributed by atoms with E-state index in [9.17, 15) is 9.59 Å². The van der Waals surface area contributed by atoms with Gasteiger partial charge in [0.05, 0.1) is 11.4 Å². The van der Waals surface area contributed by atoms with Gasteiger partial charge in [-0.25, -0.2) is 0 Å². The molecule has 1 unspecified atom stereocenters. The van der Waals surface area contributed by atoms with Crippen molar-refractivity contribution >= 4 is 51.8 Å². The van der Waals surface area contributed by atoms with Crippen molar-refractivity contribution < 1.29 is 9.59 Å². The normalized spacial score (nSPS) is 14.0. The lowest BCUT2D eigenvalue weighted by Gasteiger charge is -2.20. The Hall–Kier alpha value is -3.22. The number of carbonyl (C=O) groups excluding carboxylic acids is 2. The van der Waals surface area contributed by atoms with Gasteiger partial charge in [0.1, 0.15) is 0 Å². The SMILES string of the molecule is O=C1CSc2ccc(C(=O)NCC(c3ccccc3Cl)c3c[nH]c4ccccc34)cc2N1. The van der Waals surface area contributed by atoms with Crippen molar-refractivity contribution in [3.63, 3.8) is 0 Å². The number of anilines is 1. The van der Waals surface area contributed by atoms with Gasteiger partial charge in [0.25, 0.3) is 5.91 Å². The van der Waals surface area contributed by atoms with E-state index in [4.69, 9.17) is 11.6 Å². The van der Waals surface area contributed by atoms with Gasteiger partial charge in [-0.2, -0.15) is 0 Å². The van der Waals surface area contributed by atoms with E-state index in [1.54, 1.807) is 12.1 Å². The maximum Gasteiger partial charge on any atom is 0.251 e. The van der Waals surface area contributed by atoms with Crippen LogP contribution >= 0.6 is 23.4 Å². The van der Waals surface area contributed by atoms with E-state index < -0.39 is 0 Å². The number of benzene rings is 3. The third-order valence-electron chi connectivity index (χ3n) is 5.62. The van der Waals surface area contributed by atoms with Gasteiger partial charge in [0, 0.05) is 45.0 Å². The fourth-order valence-electron chi connectivity index (χ4n) is 4.05. The zero-order valence-electron chi connectivity index (χ0n) is 17.0. The van der Waals surface area contributed by atoms with Crippen LogP contribution in [0.4, 0.5) is 5.69 Å². The number of rotatable bonds is 5. The lowest BCUT2D eigenvalue weighted by Crippen LogP contribution is -2.29. The molecule has 4 aromatic rings. The lowest BCUT2D eigenvalue weighted by atomic mass is 9.90. The van der Waals surface area contributed by atoms with Gasteiger partial charge >= 0.3 is 0 Å². The number of aromatic amines is 1. The molecule has 160 valence electrons. The fourth-order valence-corrected chi connectivity index (χ4v) is 5.10. The number of fused-ring (bicyclic) bond motifs is 2. The van der Waals surface area contributed by atoms with Crippen molar-refractivity contribution in [2.45, 2.75) is 10.8 Å². The molecule has 0 radical (unpaired) electrons. The van der Waals surface area contributed by atoms with E-state index in [-0.39, 0.29) is 17.7 Å². The molecule has 7 heteroatoms. The second-order valence-electron chi connectivity index (χ2n) is 7.62. The summed E-state index contributed by atoms with van der Waals surface area (Å²) in [5, 5.41) is 7.65. The van der Waals surface area contributed by atoms with Crippen LogP contribution in [0, 0.1) is 0 Å². The van der Waals surface area contributed by atoms with Gasteiger partial charge in [-0.15, -0.1) is 11.8 Å².